The Kier molecular flexibility index (Phi) is 8.66. The van der Waals surface area contributed by atoms with Gasteiger partial charge in [0.15, 0.2) is 0 Å². The van der Waals surface area contributed by atoms with E-state index in [1.54, 1.807) is 13.0 Å². The van der Waals surface area contributed by atoms with Gasteiger partial charge in [-0.15, -0.1) is 0 Å². The summed E-state index contributed by atoms with van der Waals surface area (Å²) in [6.45, 7) is 12.3. The molecule has 2 aromatic rings. The lowest BCUT2D eigenvalue weighted by Crippen LogP contribution is -2.14. The summed E-state index contributed by atoms with van der Waals surface area (Å²) in [6.07, 6.45) is 2.13. The molecule has 2 rings (SSSR count). The average molecular weight is 427 g/mol. The second-order valence-corrected chi connectivity index (χ2v) is 8.37. The van der Waals surface area contributed by atoms with Crippen LogP contribution in [0.1, 0.15) is 93.3 Å². The van der Waals surface area contributed by atoms with Crippen LogP contribution in [0.25, 0.3) is 11.1 Å². The number of carbonyl (C=O) groups is 2. The van der Waals surface area contributed by atoms with Gasteiger partial charge >= 0.3 is 12.1 Å². The molecular formula is C26H34O5. The van der Waals surface area contributed by atoms with Crippen LogP contribution >= 0.6 is 0 Å². The predicted octanol–water partition coefficient (Wildman–Crippen LogP) is 7.18. The fraction of sp³-hybridized carbons (Fsp3) is 0.462. The van der Waals surface area contributed by atoms with Crippen molar-refractivity contribution in [1.29, 1.82) is 0 Å². The molecule has 0 aliphatic carbocycles. The monoisotopic (exact) mass is 426 g/mol. The van der Waals surface area contributed by atoms with Crippen molar-refractivity contribution in [3.8, 4) is 16.9 Å². The number of carboxylic acid groups (broad SMARTS) is 1. The van der Waals surface area contributed by atoms with Crippen LogP contribution in [0.3, 0.4) is 0 Å². The van der Waals surface area contributed by atoms with Crippen molar-refractivity contribution >= 4 is 12.1 Å². The molecule has 0 aliphatic rings. The Balaban J connectivity index is 2.83. The fourth-order valence-electron chi connectivity index (χ4n) is 3.52. The van der Waals surface area contributed by atoms with Crippen molar-refractivity contribution in [3.05, 3.63) is 52.6 Å². The minimum absolute atomic E-state index is 0.0680. The van der Waals surface area contributed by atoms with Gasteiger partial charge in [-0.1, -0.05) is 59.2 Å². The van der Waals surface area contributed by atoms with E-state index in [0.29, 0.717) is 16.9 Å². The maximum absolute atomic E-state index is 12.3. The summed E-state index contributed by atoms with van der Waals surface area (Å²) in [4.78, 5) is 24.3. The zero-order valence-corrected chi connectivity index (χ0v) is 19.5. The number of aryl methyl sites for hydroxylation is 1. The van der Waals surface area contributed by atoms with Crippen molar-refractivity contribution in [2.45, 2.75) is 72.6 Å². The zero-order valence-electron chi connectivity index (χ0n) is 19.5. The second-order valence-electron chi connectivity index (χ2n) is 8.37. The van der Waals surface area contributed by atoms with Gasteiger partial charge in [-0.3, -0.25) is 0 Å². The lowest BCUT2D eigenvalue weighted by Gasteiger charge is -2.21. The molecule has 31 heavy (non-hydrogen) atoms. The highest BCUT2D eigenvalue weighted by Gasteiger charge is 2.24. The average Bonchev–Trinajstić information content (AvgIpc) is 2.71. The summed E-state index contributed by atoms with van der Waals surface area (Å²) >= 11 is 0. The van der Waals surface area contributed by atoms with E-state index in [1.807, 2.05) is 38.1 Å². The molecule has 2 aromatic carbocycles. The Hall–Kier alpha value is -2.82. The molecule has 0 fully saturated rings. The van der Waals surface area contributed by atoms with Gasteiger partial charge in [-0.25, -0.2) is 9.59 Å². The molecule has 0 saturated carbocycles. The first-order chi connectivity index (χ1) is 14.7. The molecule has 0 radical (unpaired) electrons. The van der Waals surface area contributed by atoms with Crippen LogP contribution in [-0.2, 0) is 11.2 Å². The summed E-state index contributed by atoms with van der Waals surface area (Å²) < 4.78 is 10.7. The number of ether oxygens (including phenoxy) is 2. The highest BCUT2D eigenvalue weighted by molar-refractivity contribution is 5.97. The number of hydrogen-bond donors (Lipinski definition) is 1. The SMILES string of the molecule is CCCCc1ccc(C(=O)O)c(-c2cc(C(C)C)cc(C(C)C)c2OC(=O)OCC)c1. The van der Waals surface area contributed by atoms with E-state index in [2.05, 4.69) is 20.8 Å². The largest absolute Gasteiger partial charge is 0.513 e. The first kappa shape index (κ1) is 24.4. The Morgan fingerprint density at radius 2 is 1.68 bits per heavy atom. The minimum atomic E-state index is -1.01. The molecule has 0 aliphatic heterocycles. The number of carboxylic acids is 1. The third kappa shape index (κ3) is 6.09. The number of benzene rings is 2. The Morgan fingerprint density at radius 3 is 2.23 bits per heavy atom. The standard InChI is InChI=1S/C26H34O5/c1-7-9-10-18-11-12-20(25(27)28)22(13-18)23-15-19(16(3)4)14-21(17(5)6)24(23)31-26(29)30-8-2/h11-17H,7-10H2,1-6H3,(H,27,28). The number of rotatable bonds is 9. The van der Waals surface area contributed by atoms with Crippen molar-refractivity contribution in [3.63, 3.8) is 0 Å². The molecule has 0 amide bonds. The van der Waals surface area contributed by atoms with Crippen molar-refractivity contribution in [2.75, 3.05) is 6.61 Å². The van der Waals surface area contributed by atoms with E-state index >= 15 is 0 Å². The van der Waals surface area contributed by atoms with E-state index in [4.69, 9.17) is 9.47 Å². The van der Waals surface area contributed by atoms with Gasteiger partial charge in [0, 0.05) is 11.1 Å². The van der Waals surface area contributed by atoms with Crippen LogP contribution in [0.5, 0.6) is 5.75 Å². The summed E-state index contributed by atoms with van der Waals surface area (Å²) in [7, 11) is 0. The van der Waals surface area contributed by atoms with Gasteiger partial charge < -0.3 is 14.6 Å². The summed E-state index contributed by atoms with van der Waals surface area (Å²) in [5, 5.41) is 9.88. The van der Waals surface area contributed by atoms with Crippen LogP contribution in [0, 0.1) is 0 Å². The number of unbranched alkanes of at least 4 members (excludes halogenated alkanes) is 1. The van der Waals surface area contributed by atoms with Gasteiger partial charge in [0.25, 0.3) is 0 Å². The van der Waals surface area contributed by atoms with Gasteiger partial charge in [0.05, 0.1) is 12.2 Å². The van der Waals surface area contributed by atoms with Crippen LogP contribution in [0.4, 0.5) is 4.79 Å². The van der Waals surface area contributed by atoms with Crippen LogP contribution in [0.2, 0.25) is 0 Å². The molecule has 0 unspecified atom stereocenters. The molecule has 1 N–H and O–H groups in total. The number of hydrogen-bond acceptors (Lipinski definition) is 4. The second kappa shape index (κ2) is 11.0. The maximum Gasteiger partial charge on any atom is 0.513 e. The third-order valence-electron chi connectivity index (χ3n) is 5.30. The van der Waals surface area contributed by atoms with E-state index in [0.717, 1.165) is 36.0 Å². The van der Waals surface area contributed by atoms with Gasteiger partial charge in [0.2, 0.25) is 0 Å². The van der Waals surface area contributed by atoms with Gasteiger partial charge in [-0.05, 0) is 60.4 Å². The Morgan fingerprint density at radius 1 is 0.968 bits per heavy atom. The summed E-state index contributed by atoms with van der Waals surface area (Å²) in [5.74, 6) is -0.351. The first-order valence-corrected chi connectivity index (χ1v) is 11.1. The molecule has 0 aromatic heterocycles. The minimum Gasteiger partial charge on any atom is -0.478 e. The van der Waals surface area contributed by atoms with Gasteiger partial charge in [-0.2, -0.15) is 0 Å². The molecule has 0 heterocycles. The normalized spacial score (nSPS) is 11.1. The van der Waals surface area contributed by atoms with Gasteiger partial charge in [0.1, 0.15) is 5.75 Å². The summed E-state index contributed by atoms with van der Waals surface area (Å²) in [6, 6.07) is 9.41. The van der Waals surface area contributed by atoms with Crippen molar-refractivity contribution in [1.82, 2.24) is 0 Å². The van der Waals surface area contributed by atoms with E-state index in [9.17, 15) is 14.7 Å². The molecule has 0 saturated heterocycles. The van der Waals surface area contributed by atoms with Crippen LogP contribution in [-0.4, -0.2) is 23.8 Å². The summed E-state index contributed by atoms with van der Waals surface area (Å²) in [5.41, 5.74) is 4.33. The lowest BCUT2D eigenvalue weighted by molar-refractivity contribution is 0.0697. The number of aromatic carboxylic acids is 1. The highest BCUT2D eigenvalue weighted by atomic mass is 16.7. The topological polar surface area (TPSA) is 72.8 Å². The fourth-order valence-corrected chi connectivity index (χ4v) is 3.52. The number of carbonyl (C=O) groups excluding carboxylic acids is 1. The zero-order chi connectivity index (χ0) is 23.1. The third-order valence-corrected chi connectivity index (χ3v) is 5.30. The van der Waals surface area contributed by atoms with Crippen molar-refractivity contribution < 1.29 is 24.2 Å². The highest BCUT2D eigenvalue weighted by Crippen LogP contribution is 2.41. The van der Waals surface area contributed by atoms with Crippen LogP contribution in [0.15, 0.2) is 30.3 Å². The lowest BCUT2D eigenvalue weighted by atomic mass is 9.87. The first-order valence-electron chi connectivity index (χ1n) is 11.1. The molecule has 5 nitrogen and oxygen atoms in total. The van der Waals surface area contributed by atoms with E-state index in [1.165, 1.54) is 0 Å². The molecule has 0 bridgehead atoms. The maximum atomic E-state index is 12.3. The van der Waals surface area contributed by atoms with E-state index < -0.39 is 12.1 Å². The molecule has 0 spiro atoms. The Labute approximate surface area is 185 Å². The Bertz CT molecular complexity index is 928. The van der Waals surface area contributed by atoms with E-state index in [-0.39, 0.29) is 24.0 Å². The molecular weight excluding hydrogens is 392 g/mol. The molecule has 0 atom stereocenters. The quantitative estimate of drug-likeness (QED) is 0.340. The van der Waals surface area contributed by atoms with Crippen LogP contribution < -0.4 is 4.74 Å². The molecule has 168 valence electrons. The predicted molar refractivity (Wildman–Crippen MR) is 123 cm³/mol. The molecule has 5 heteroatoms. The smallest absolute Gasteiger partial charge is 0.478 e. The van der Waals surface area contributed by atoms with Crippen molar-refractivity contribution in [2.24, 2.45) is 0 Å².